The van der Waals surface area contributed by atoms with Crippen LogP contribution < -0.4 is 10.1 Å². The molecule has 0 saturated heterocycles. The van der Waals surface area contributed by atoms with E-state index < -0.39 is 0 Å². The van der Waals surface area contributed by atoms with Crippen molar-refractivity contribution >= 4 is 17.3 Å². The third-order valence-corrected chi connectivity index (χ3v) is 3.95. The highest BCUT2D eigenvalue weighted by molar-refractivity contribution is 6.45. The quantitative estimate of drug-likeness (QED) is 0.585. The number of amides is 1. The number of aromatic nitrogens is 1. The van der Waals surface area contributed by atoms with Gasteiger partial charge in [-0.2, -0.15) is 0 Å². The molecule has 1 N–H and O–H groups in total. The van der Waals surface area contributed by atoms with E-state index in [1.165, 1.54) is 21.3 Å². The van der Waals surface area contributed by atoms with Crippen molar-refractivity contribution in [2.24, 2.45) is 10.3 Å². The Balaban J connectivity index is 2.48. The van der Waals surface area contributed by atoms with Gasteiger partial charge in [0.15, 0.2) is 5.71 Å². The Morgan fingerprint density at radius 1 is 1.07 bits per heavy atom. The molecule has 1 heterocycles. The Labute approximate surface area is 164 Å². The van der Waals surface area contributed by atoms with E-state index in [-0.39, 0.29) is 11.6 Å². The second-order valence-corrected chi connectivity index (χ2v) is 5.90. The fraction of sp³-hybridized carbons (Fsp3) is 0.300. The van der Waals surface area contributed by atoms with Crippen molar-refractivity contribution in [2.45, 2.75) is 20.8 Å². The maximum Gasteiger partial charge on any atom is 0.273 e. The van der Waals surface area contributed by atoms with E-state index in [0.29, 0.717) is 17.2 Å². The Bertz CT molecular complexity index is 922. The van der Waals surface area contributed by atoms with Crippen molar-refractivity contribution in [1.82, 2.24) is 10.3 Å². The first-order valence-electron chi connectivity index (χ1n) is 8.59. The van der Waals surface area contributed by atoms with Crippen LogP contribution in [0.4, 0.5) is 0 Å². The third-order valence-electron chi connectivity index (χ3n) is 3.95. The van der Waals surface area contributed by atoms with E-state index in [0.717, 1.165) is 22.5 Å². The molecule has 1 aromatic heterocycles. The van der Waals surface area contributed by atoms with E-state index in [9.17, 15) is 4.79 Å². The van der Waals surface area contributed by atoms with Crippen molar-refractivity contribution < 1.29 is 19.2 Å². The van der Waals surface area contributed by atoms with Gasteiger partial charge in [-0.15, -0.1) is 0 Å². The van der Waals surface area contributed by atoms with Crippen LogP contribution in [0.2, 0.25) is 0 Å². The molecule has 1 aromatic carbocycles. The number of hydrogen-bond donors (Lipinski definition) is 1. The predicted octanol–water partition coefficient (Wildman–Crippen LogP) is 2.96. The molecule has 0 atom stereocenters. The molecule has 28 heavy (non-hydrogen) atoms. The van der Waals surface area contributed by atoms with Gasteiger partial charge in [-0.25, -0.2) is 4.98 Å². The highest BCUT2D eigenvalue weighted by Crippen LogP contribution is 2.28. The number of hydrogen-bond acceptors (Lipinski definition) is 7. The molecule has 0 radical (unpaired) electrons. The molecule has 8 heteroatoms. The number of para-hydroxylation sites is 1. The van der Waals surface area contributed by atoms with E-state index in [4.69, 9.17) is 14.4 Å². The second-order valence-electron chi connectivity index (χ2n) is 5.90. The lowest BCUT2D eigenvalue weighted by molar-refractivity contribution is -0.114. The molecule has 0 bridgehead atoms. The molecule has 2 aromatic rings. The zero-order chi connectivity index (χ0) is 20.7. The first-order chi connectivity index (χ1) is 13.4. The summed E-state index contributed by atoms with van der Waals surface area (Å²) in [5, 5.41) is 10.3. The molecule has 0 aliphatic carbocycles. The number of pyridine rings is 1. The minimum Gasteiger partial charge on any atom is -0.438 e. The molecule has 0 unspecified atom stereocenters. The molecule has 0 aliphatic rings. The monoisotopic (exact) mass is 384 g/mol. The molecule has 0 spiro atoms. The number of oxime groups is 2. The molecule has 8 nitrogen and oxygen atoms in total. The van der Waals surface area contributed by atoms with Crippen LogP contribution in [-0.2, 0) is 14.5 Å². The molecular weight excluding hydrogens is 360 g/mol. The van der Waals surface area contributed by atoms with Crippen LogP contribution in [0.5, 0.6) is 11.6 Å². The second kappa shape index (κ2) is 9.50. The first-order valence-corrected chi connectivity index (χ1v) is 8.59. The summed E-state index contributed by atoms with van der Waals surface area (Å²) in [5.41, 5.74) is 3.74. The van der Waals surface area contributed by atoms with E-state index in [1.807, 2.05) is 26.8 Å². The van der Waals surface area contributed by atoms with Crippen LogP contribution in [0, 0.1) is 13.8 Å². The summed E-state index contributed by atoms with van der Waals surface area (Å²) in [5.74, 6) is 0.472. The Morgan fingerprint density at radius 3 is 2.39 bits per heavy atom. The number of aryl methyl sites for hydroxylation is 2. The number of nitrogens with zero attached hydrogens (tertiary/aromatic N) is 3. The van der Waals surface area contributed by atoms with Gasteiger partial charge in [-0.1, -0.05) is 22.4 Å². The van der Waals surface area contributed by atoms with Gasteiger partial charge in [0, 0.05) is 18.2 Å². The van der Waals surface area contributed by atoms with Gasteiger partial charge in [0.1, 0.15) is 20.0 Å². The third kappa shape index (κ3) is 4.64. The van der Waals surface area contributed by atoms with Crippen LogP contribution in [-0.4, -0.2) is 43.6 Å². The molecule has 1 amide bonds. The van der Waals surface area contributed by atoms with E-state index in [1.54, 1.807) is 24.3 Å². The molecule has 148 valence electrons. The number of rotatable bonds is 7. The maximum absolute atomic E-state index is 12.2. The summed E-state index contributed by atoms with van der Waals surface area (Å²) >= 11 is 0. The van der Waals surface area contributed by atoms with E-state index in [2.05, 4.69) is 20.6 Å². The maximum atomic E-state index is 12.2. The summed E-state index contributed by atoms with van der Waals surface area (Å²) < 4.78 is 6.04. The average Bonchev–Trinajstić information content (AvgIpc) is 2.68. The highest BCUT2D eigenvalue weighted by Gasteiger charge is 2.20. The summed E-state index contributed by atoms with van der Waals surface area (Å²) in [4.78, 5) is 26.4. The number of carbonyl (C=O) groups is 1. The SMILES string of the molecule is CNC(=O)/C(=N/OC)c1ccccc1Oc1nc(C)c(/C(C)=N\OC)cc1C. The lowest BCUT2D eigenvalue weighted by Gasteiger charge is -2.14. The fourth-order valence-corrected chi connectivity index (χ4v) is 2.62. The summed E-state index contributed by atoms with van der Waals surface area (Å²) in [6.45, 7) is 5.60. The number of nitrogens with one attached hydrogen (secondary N) is 1. The summed E-state index contributed by atoms with van der Waals surface area (Å²) in [7, 11) is 4.40. The minimum atomic E-state index is -0.388. The number of ether oxygens (including phenoxy) is 1. The summed E-state index contributed by atoms with van der Waals surface area (Å²) in [6, 6.07) is 9.00. The van der Waals surface area contributed by atoms with Crippen LogP contribution in [0.1, 0.15) is 29.3 Å². The fourth-order valence-electron chi connectivity index (χ4n) is 2.62. The number of benzene rings is 1. The van der Waals surface area contributed by atoms with Gasteiger partial charge in [-0.05, 0) is 39.0 Å². The Morgan fingerprint density at radius 2 is 1.75 bits per heavy atom. The predicted molar refractivity (Wildman–Crippen MR) is 107 cm³/mol. The minimum absolute atomic E-state index is 0.106. The number of carbonyl (C=O) groups excluding carboxylic acids is 1. The lowest BCUT2D eigenvalue weighted by Crippen LogP contribution is -2.28. The van der Waals surface area contributed by atoms with Crippen molar-refractivity contribution in [2.75, 3.05) is 21.3 Å². The topological polar surface area (TPSA) is 94.4 Å². The zero-order valence-electron chi connectivity index (χ0n) is 16.9. The zero-order valence-corrected chi connectivity index (χ0v) is 16.9. The normalized spacial score (nSPS) is 11.8. The van der Waals surface area contributed by atoms with Gasteiger partial charge in [0.25, 0.3) is 5.91 Å². The highest BCUT2D eigenvalue weighted by atomic mass is 16.6. The smallest absolute Gasteiger partial charge is 0.273 e. The Hall–Kier alpha value is -3.42. The van der Waals surface area contributed by atoms with Gasteiger partial charge in [-0.3, -0.25) is 4.79 Å². The summed E-state index contributed by atoms with van der Waals surface area (Å²) in [6.07, 6.45) is 0. The first kappa shape index (κ1) is 20.9. The van der Waals surface area contributed by atoms with Gasteiger partial charge in [0.2, 0.25) is 5.88 Å². The average molecular weight is 384 g/mol. The van der Waals surface area contributed by atoms with Crippen LogP contribution >= 0.6 is 0 Å². The van der Waals surface area contributed by atoms with Gasteiger partial charge >= 0.3 is 0 Å². The van der Waals surface area contributed by atoms with Crippen molar-refractivity contribution in [3.8, 4) is 11.6 Å². The van der Waals surface area contributed by atoms with Crippen molar-refractivity contribution in [3.63, 3.8) is 0 Å². The van der Waals surface area contributed by atoms with Crippen LogP contribution in [0.25, 0.3) is 0 Å². The molecule has 0 saturated carbocycles. The number of likely N-dealkylation sites (N-methyl/N-ethyl adjacent to an activating group) is 1. The lowest BCUT2D eigenvalue weighted by atomic mass is 10.1. The van der Waals surface area contributed by atoms with Gasteiger partial charge in [0.05, 0.1) is 17.0 Å². The molecular formula is C20H24N4O4. The largest absolute Gasteiger partial charge is 0.438 e. The molecule has 2 rings (SSSR count). The standard InChI is InChI=1S/C20H24N4O4/c1-12-11-16(14(3)23-26-5)13(2)22-20(12)28-17-10-8-7-9-15(17)18(24-27-6)19(25)21-4/h7-11H,1-6H3,(H,21,25)/b23-14-,24-18+. The van der Waals surface area contributed by atoms with E-state index >= 15 is 0 Å². The van der Waals surface area contributed by atoms with Gasteiger partial charge < -0.3 is 19.7 Å². The molecule has 0 fully saturated rings. The molecule has 0 aliphatic heterocycles. The van der Waals surface area contributed by atoms with Crippen molar-refractivity contribution in [1.29, 1.82) is 0 Å². The van der Waals surface area contributed by atoms with Crippen LogP contribution in [0.15, 0.2) is 40.6 Å². The van der Waals surface area contributed by atoms with Crippen LogP contribution in [0.3, 0.4) is 0 Å². The Kier molecular flexibility index (Phi) is 7.08. The van der Waals surface area contributed by atoms with Crippen molar-refractivity contribution in [3.05, 3.63) is 52.7 Å².